The lowest BCUT2D eigenvalue weighted by Crippen LogP contribution is -2.47. The monoisotopic (exact) mass is 289 g/mol. The van der Waals surface area contributed by atoms with Crippen LogP contribution < -0.4 is 5.32 Å². The number of halogens is 1. The summed E-state index contributed by atoms with van der Waals surface area (Å²) in [6, 6.07) is 2.00. The van der Waals surface area contributed by atoms with Crippen molar-refractivity contribution in [3.05, 3.63) is 20.8 Å². The fraction of sp³-hybridized carbons (Fsp3) is 0.545. The van der Waals surface area contributed by atoms with Crippen molar-refractivity contribution in [1.82, 2.24) is 5.32 Å². The van der Waals surface area contributed by atoms with Crippen molar-refractivity contribution in [3.63, 3.8) is 0 Å². The summed E-state index contributed by atoms with van der Waals surface area (Å²) in [6.07, 6.45) is 0.510. The van der Waals surface area contributed by atoms with Crippen molar-refractivity contribution in [2.45, 2.75) is 32.7 Å². The molecular weight excluding hydrogens is 274 g/mol. The number of likely N-dealkylation sites (N-methyl/N-ethyl adjacent to an activating group) is 1. The van der Waals surface area contributed by atoms with Gasteiger partial charge in [0.25, 0.3) is 0 Å². The van der Waals surface area contributed by atoms with Gasteiger partial charge in [-0.2, -0.15) is 0 Å². The predicted molar refractivity (Wildman–Crippen MR) is 68.5 cm³/mol. The second kappa shape index (κ2) is 5.23. The molecule has 0 fully saturated rings. The van der Waals surface area contributed by atoms with Crippen LogP contribution in [0.15, 0.2) is 15.9 Å². The van der Waals surface area contributed by atoms with E-state index in [-0.39, 0.29) is 5.78 Å². The van der Waals surface area contributed by atoms with Gasteiger partial charge >= 0.3 is 0 Å². The van der Waals surface area contributed by atoms with E-state index in [0.29, 0.717) is 6.42 Å². The fourth-order valence-corrected chi connectivity index (χ4v) is 2.82. The quantitative estimate of drug-likeness (QED) is 0.903. The van der Waals surface area contributed by atoms with E-state index in [1.165, 1.54) is 0 Å². The predicted octanol–water partition coefficient (Wildman–Crippen LogP) is 3.01. The summed E-state index contributed by atoms with van der Waals surface area (Å²) in [5.74, 6) is 0.235. The van der Waals surface area contributed by atoms with Crippen LogP contribution in [0.1, 0.15) is 25.6 Å². The highest BCUT2D eigenvalue weighted by Gasteiger charge is 2.26. The third-order valence-corrected chi connectivity index (χ3v) is 3.97. The van der Waals surface area contributed by atoms with Crippen molar-refractivity contribution in [2.24, 2.45) is 0 Å². The number of hydrogen-bond acceptors (Lipinski definition) is 3. The van der Waals surface area contributed by atoms with Crippen LogP contribution in [-0.2, 0) is 11.2 Å². The largest absolute Gasteiger partial charge is 0.306 e. The van der Waals surface area contributed by atoms with E-state index >= 15 is 0 Å². The number of rotatable bonds is 5. The van der Waals surface area contributed by atoms with Crippen LogP contribution in [-0.4, -0.2) is 17.9 Å². The minimum atomic E-state index is -0.425. The van der Waals surface area contributed by atoms with Gasteiger partial charge < -0.3 is 5.32 Å². The Morgan fingerprint density at radius 3 is 2.73 bits per heavy atom. The van der Waals surface area contributed by atoms with Gasteiger partial charge in [0.15, 0.2) is 5.78 Å². The van der Waals surface area contributed by atoms with Crippen LogP contribution in [0.2, 0.25) is 0 Å². The Balaban J connectivity index is 2.63. The molecule has 1 heterocycles. The summed E-state index contributed by atoms with van der Waals surface area (Å²) in [5, 5.41) is 5.19. The molecule has 1 rings (SSSR count). The highest BCUT2D eigenvalue weighted by atomic mass is 79.9. The number of carbonyl (C=O) groups excluding carboxylic acids is 1. The normalized spacial score (nSPS) is 11.7. The smallest absolute Gasteiger partial charge is 0.157 e. The van der Waals surface area contributed by atoms with Crippen LogP contribution >= 0.6 is 27.3 Å². The van der Waals surface area contributed by atoms with Crippen LogP contribution in [0.3, 0.4) is 0 Å². The minimum absolute atomic E-state index is 0.235. The average molecular weight is 290 g/mol. The number of Topliss-reactive ketones (excluding diaryl/α,β-unsaturated/α-hetero) is 1. The molecule has 1 aromatic rings. The maximum atomic E-state index is 12.0. The molecule has 0 amide bonds. The average Bonchev–Trinajstić information content (AvgIpc) is 2.51. The van der Waals surface area contributed by atoms with E-state index in [0.717, 1.165) is 15.9 Å². The minimum Gasteiger partial charge on any atom is -0.306 e. The Hall–Kier alpha value is -0.190. The van der Waals surface area contributed by atoms with Crippen molar-refractivity contribution < 1.29 is 4.79 Å². The third-order valence-electron chi connectivity index (χ3n) is 2.27. The SMILES string of the molecule is CCNC(C)(C)C(=O)Cc1cc(Br)cs1. The first-order valence-electron chi connectivity index (χ1n) is 4.97. The van der Waals surface area contributed by atoms with E-state index in [2.05, 4.69) is 21.2 Å². The molecule has 84 valence electrons. The van der Waals surface area contributed by atoms with Gasteiger partial charge in [0.1, 0.15) is 0 Å². The highest BCUT2D eigenvalue weighted by molar-refractivity contribution is 9.10. The summed E-state index contributed by atoms with van der Waals surface area (Å²) < 4.78 is 1.05. The standard InChI is InChI=1S/C11H16BrNOS/c1-4-13-11(2,3)10(14)6-9-5-8(12)7-15-9/h5,7,13H,4,6H2,1-3H3. The Morgan fingerprint density at radius 1 is 1.60 bits per heavy atom. The Morgan fingerprint density at radius 2 is 2.27 bits per heavy atom. The lowest BCUT2D eigenvalue weighted by atomic mass is 9.96. The van der Waals surface area contributed by atoms with Crippen molar-refractivity contribution >= 4 is 33.0 Å². The third kappa shape index (κ3) is 3.70. The van der Waals surface area contributed by atoms with Crippen LogP contribution in [0.25, 0.3) is 0 Å². The molecule has 0 spiro atoms. The van der Waals surface area contributed by atoms with Gasteiger partial charge in [-0.25, -0.2) is 0 Å². The molecule has 2 nitrogen and oxygen atoms in total. The molecule has 0 saturated heterocycles. The molecule has 0 aromatic carbocycles. The van der Waals surface area contributed by atoms with E-state index in [1.54, 1.807) is 11.3 Å². The molecule has 0 aliphatic heterocycles. The van der Waals surface area contributed by atoms with Crippen molar-refractivity contribution in [1.29, 1.82) is 0 Å². The number of ketones is 1. The summed E-state index contributed by atoms with van der Waals surface area (Å²) in [4.78, 5) is 13.1. The van der Waals surface area contributed by atoms with E-state index in [9.17, 15) is 4.79 Å². The molecule has 0 aliphatic carbocycles. The summed E-state index contributed by atoms with van der Waals surface area (Å²) >= 11 is 5.00. The number of hydrogen-bond donors (Lipinski definition) is 1. The zero-order valence-corrected chi connectivity index (χ0v) is 11.7. The first kappa shape index (κ1) is 12.9. The number of nitrogens with one attached hydrogen (secondary N) is 1. The first-order valence-corrected chi connectivity index (χ1v) is 6.64. The molecule has 0 saturated carbocycles. The molecule has 4 heteroatoms. The second-order valence-corrected chi connectivity index (χ2v) is 5.90. The Bertz CT molecular complexity index is 346. The molecule has 0 radical (unpaired) electrons. The van der Waals surface area contributed by atoms with E-state index < -0.39 is 5.54 Å². The van der Waals surface area contributed by atoms with E-state index in [1.807, 2.05) is 32.2 Å². The van der Waals surface area contributed by atoms with Gasteiger partial charge in [-0.05, 0) is 42.4 Å². The number of thiophene rings is 1. The topological polar surface area (TPSA) is 29.1 Å². The van der Waals surface area contributed by atoms with Gasteiger partial charge in [0.05, 0.1) is 5.54 Å². The molecular formula is C11H16BrNOS. The lowest BCUT2D eigenvalue weighted by Gasteiger charge is -2.23. The van der Waals surface area contributed by atoms with Crippen molar-refractivity contribution in [2.75, 3.05) is 6.54 Å². The summed E-state index contributed by atoms with van der Waals surface area (Å²) in [6.45, 7) is 6.69. The van der Waals surface area contributed by atoms with Crippen molar-refractivity contribution in [3.8, 4) is 0 Å². The summed E-state index contributed by atoms with van der Waals surface area (Å²) in [7, 11) is 0. The Labute approximate surface area is 103 Å². The maximum absolute atomic E-state index is 12.0. The highest BCUT2D eigenvalue weighted by Crippen LogP contribution is 2.21. The van der Waals surface area contributed by atoms with Gasteiger partial charge in [-0.15, -0.1) is 11.3 Å². The lowest BCUT2D eigenvalue weighted by molar-refractivity contribution is -0.123. The zero-order valence-electron chi connectivity index (χ0n) is 9.26. The molecule has 0 atom stereocenters. The zero-order chi connectivity index (χ0) is 11.5. The fourth-order valence-electron chi connectivity index (χ4n) is 1.37. The number of carbonyl (C=O) groups is 1. The molecule has 0 aliphatic rings. The molecule has 0 unspecified atom stereocenters. The Kier molecular flexibility index (Phi) is 4.49. The van der Waals surface area contributed by atoms with Gasteiger partial charge in [0, 0.05) is 21.2 Å². The molecule has 0 bridgehead atoms. The summed E-state index contributed by atoms with van der Waals surface area (Å²) in [5.41, 5.74) is -0.425. The second-order valence-electron chi connectivity index (χ2n) is 3.99. The molecule has 1 N–H and O–H groups in total. The molecule has 15 heavy (non-hydrogen) atoms. The van der Waals surface area contributed by atoms with Gasteiger partial charge in [-0.3, -0.25) is 4.79 Å². The first-order chi connectivity index (χ1) is 6.95. The van der Waals surface area contributed by atoms with Crippen LogP contribution in [0.5, 0.6) is 0 Å². The van der Waals surface area contributed by atoms with Gasteiger partial charge in [0.2, 0.25) is 0 Å². The molecule has 1 aromatic heterocycles. The van der Waals surface area contributed by atoms with Crippen LogP contribution in [0.4, 0.5) is 0 Å². The van der Waals surface area contributed by atoms with Gasteiger partial charge in [-0.1, -0.05) is 6.92 Å². The maximum Gasteiger partial charge on any atom is 0.157 e. The van der Waals surface area contributed by atoms with E-state index in [4.69, 9.17) is 0 Å². The van der Waals surface area contributed by atoms with Crippen LogP contribution in [0, 0.1) is 0 Å².